The van der Waals surface area contributed by atoms with E-state index in [4.69, 9.17) is 4.42 Å². The van der Waals surface area contributed by atoms with Gasteiger partial charge in [0, 0.05) is 4.47 Å². The van der Waals surface area contributed by atoms with Gasteiger partial charge in [0.25, 0.3) is 5.91 Å². The van der Waals surface area contributed by atoms with E-state index in [0.29, 0.717) is 10.6 Å². The van der Waals surface area contributed by atoms with Gasteiger partial charge < -0.3 is 14.8 Å². The number of carbonyl (C=O) groups is 1. The number of furan rings is 1. The third-order valence-corrected chi connectivity index (χ3v) is 4.52. The molecule has 2 N–H and O–H groups in total. The van der Waals surface area contributed by atoms with E-state index in [1.54, 1.807) is 26.0 Å². The minimum Gasteiger partial charge on any atom is -0.463 e. The van der Waals surface area contributed by atoms with Crippen molar-refractivity contribution in [3.8, 4) is 0 Å². The second kappa shape index (κ2) is 5.48. The van der Waals surface area contributed by atoms with Gasteiger partial charge in [0.2, 0.25) is 0 Å². The third kappa shape index (κ3) is 3.26. The van der Waals surface area contributed by atoms with Crippen molar-refractivity contribution in [2.45, 2.75) is 19.4 Å². The average molecular weight is 344 g/mol. The molecule has 0 aromatic carbocycles. The second-order valence-electron chi connectivity index (χ2n) is 4.46. The van der Waals surface area contributed by atoms with Gasteiger partial charge in [-0.25, -0.2) is 0 Å². The molecule has 2 rings (SSSR count). The number of aryl methyl sites for hydroxylation is 1. The van der Waals surface area contributed by atoms with E-state index in [0.717, 1.165) is 10.2 Å². The predicted molar refractivity (Wildman–Crippen MR) is 77.4 cm³/mol. The summed E-state index contributed by atoms with van der Waals surface area (Å²) in [5.41, 5.74) is -1.23. The molecule has 0 unspecified atom stereocenters. The van der Waals surface area contributed by atoms with Gasteiger partial charge in [-0.05, 0) is 53.4 Å². The molecule has 102 valence electrons. The first kappa shape index (κ1) is 14.3. The lowest BCUT2D eigenvalue weighted by Gasteiger charge is -2.21. The van der Waals surface area contributed by atoms with Gasteiger partial charge in [-0.1, -0.05) is 0 Å². The number of hydrogen-bond donors (Lipinski definition) is 2. The molecule has 0 aliphatic carbocycles. The van der Waals surface area contributed by atoms with Crippen molar-refractivity contribution in [1.82, 2.24) is 5.32 Å². The summed E-state index contributed by atoms with van der Waals surface area (Å²) in [6, 6.07) is 5.30. The molecule has 1 atom stereocenters. The monoisotopic (exact) mass is 343 g/mol. The van der Waals surface area contributed by atoms with Gasteiger partial charge in [0.1, 0.15) is 22.0 Å². The highest BCUT2D eigenvalue weighted by atomic mass is 79.9. The molecule has 0 bridgehead atoms. The summed E-state index contributed by atoms with van der Waals surface area (Å²) in [4.78, 5) is 12.5. The van der Waals surface area contributed by atoms with E-state index in [1.807, 2.05) is 11.4 Å². The summed E-state index contributed by atoms with van der Waals surface area (Å²) < 4.78 is 6.14. The molecule has 0 fully saturated rings. The Morgan fingerprint density at radius 3 is 2.79 bits per heavy atom. The Labute approximate surface area is 123 Å². The van der Waals surface area contributed by atoms with Crippen LogP contribution in [0.25, 0.3) is 0 Å². The Morgan fingerprint density at radius 2 is 2.26 bits per heavy atom. The number of aliphatic hydroxyl groups is 1. The SMILES string of the molecule is Cc1ccc([C@@](C)(O)CNC(=O)c2sccc2Br)o1. The first-order chi connectivity index (χ1) is 8.90. The Bertz CT molecular complexity index is 588. The Morgan fingerprint density at radius 1 is 1.53 bits per heavy atom. The first-order valence-corrected chi connectivity index (χ1v) is 7.38. The average Bonchev–Trinajstić information content (AvgIpc) is 2.95. The lowest BCUT2D eigenvalue weighted by molar-refractivity contribution is 0.0324. The smallest absolute Gasteiger partial charge is 0.262 e. The summed E-state index contributed by atoms with van der Waals surface area (Å²) in [5.74, 6) is 0.948. The normalized spacial score (nSPS) is 14.1. The van der Waals surface area contributed by atoms with E-state index in [1.165, 1.54) is 11.3 Å². The highest BCUT2D eigenvalue weighted by Crippen LogP contribution is 2.24. The van der Waals surface area contributed by atoms with Gasteiger partial charge in [-0.15, -0.1) is 11.3 Å². The largest absolute Gasteiger partial charge is 0.463 e. The van der Waals surface area contributed by atoms with Crippen LogP contribution in [-0.2, 0) is 5.60 Å². The molecule has 6 heteroatoms. The van der Waals surface area contributed by atoms with Crippen molar-refractivity contribution in [3.05, 3.63) is 44.4 Å². The molecular weight excluding hydrogens is 330 g/mol. The zero-order valence-electron chi connectivity index (χ0n) is 10.6. The summed E-state index contributed by atoms with van der Waals surface area (Å²) >= 11 is 4.65. The number of thiophene rings is 1. The molecule has 0 aliphatic heterocycles. The molecule has 0 spiro atoms. The van der Waals surface area contributed by atoms with E-state index in [2.05, 4.69) is 21.2 Å². The van der Waals surface area contributed by atoms with Crippen molar-refractivity contribution < 1.29 is 14.3 Å². The number of hydrogen-bond acceptors (Lipinski definition) is 4. The van der Waals surface area contributed by atoms with Gasteiger partial charge in [-0.3, -0.25) is 4.79 Å². The van der Waals surface area contributed by atoms with Crippen LogP contribution >= 0.6 is 27.3 Å². The molecular formula is C13H14BrNO3S. The van der Waals surface area contributed by atoms with Crippen LogP contribution in [0.1, 0.15) is 28.1 Å². The molecule has 2 aromatic heterocycles. The number of rotatable bonds is 4. The minimum atomic E-state index is -1.23. The van der Waals surface area contributed by atoms with Crippen LogP contribution in [-0.4, -0.2) is 17.6 Å². The van der Waals surface area contributed by atoms with Crippen LogP contribution < -0.4 is 5.32 Å². The number of halogens is 1. The van der Waals surface area contributed by atoms with Crippen LogP contribution in [0.2, 0.25) is 0 Å². The van der Waals surface area contributed by atoms with Crippen molar-refractivity contribution in [3.63, 3.8) is 0 Å². The molecule has 0 radical (unpaired) electrons. The standard InChI is InChI=1S/C13H14BrNO3S/c1-8-3-4-10(18-8)13(2,17)7-15-12(16)11-9(14)5-6-19-11/h3-6,17H,7H2,1-2H3,(H,15,16)/t13-/m0/s1. The molecule has 4 nitrogen and oxygen atoms in total. The topological polar surface area (TPSA) is 62.5 Å². The Hall–Kier alpha value is -1.11. The lowest BCUT2D eigenvalue weighted by atomic mass is 10.0. The highest BCUT2D eigenvalue weighted by Gasteiger charge is 2.28. The second-order valence-corrected chi connectivity index (χ2v) is 6.23. The molecule has 0 saturated heterocycles. The fourth-order valence-corrected chi connectivity index (χ4v) is 3.07. The van der Waals surface area contributed by atoms with Gasteiger partial charge in [-0.2, -0.15) is 0 Å². The zero-order chi connectivity index (χ0) is 14.0. The van der Waals surface area contributed by atoms with Gasteiger partial charge in [0.15, 0.2) is 0 Å². The van der Waals surface area contributed by atoms with Crippen LogP contribution in [0.5, 0.6) is 0 Å². The van der Waals surface area contributed by atoms with Gasteiger partial charge >= 0.3 is 0 Å². The molecule has 1 amide bonds. The maximum atomic E-state index is 11.9. The molecule has 0 saturated carbocycles. The maximum Gasteiger partial charge on any atom is 0.262 e. The Balaban J connectivity index is 2.02. The summed E-state index contributed by atoms with van der Waals surface area (Å²) in [5, 5.41) is 14.8. The Kier molecular flexibility index (Phi) is 4.13. The summed E-state index contributed by atoms with van der Waals surface area (Å²) in [6.45, 7) is 3.50. The van der Waals surface area contributed by atoms with Crippen LogP contribution in [0.15, 0.2) is 32.5 Å². The van der Waals surface area contributed by atoms with Crippen LogP contribution in [0.3, 0.4) is 0 Å². The fraction of sp³-hybridized carbons (Fsp3) is 0.308. The van der Waals surface area contributed by atoms with Crippen LogP contribution in [0.4, 0.5) is 0 Å². The molecule has 2 aromatic rings. The van der Waals surface area contributed by atoms with E-state index >= 15 is 0 Å². The van der Waals surface area contributed by atoms with Crippen molar-refractivity contribution in [2.24, 2.45) is 0 Å². The van der Waals surface area contributed by atoms with E-state index < -0.39 is 5.60 Å². The van der Waals surface area contributed by atoms with Crippen LogP contribution in [0, 0.1) is 6.92 Å². The molecule has 19 heavy (non-hydrogen) atoms. The highest BCUT2D eigenvalue weighted by molar-refractivity contribution is 9.10. The predicted octanol–water partition coefficient (Wildman–Crippen LogP) is 3.05. The first-order valence-electron chi connectivity index (χ1n) is 5.70. The fourth-order valence-electron chi connectivity index (χ4n) is 1.60. The molecule has 0 aliphatic rings. The lowest BCUT2D eigenvalue weighted by Crippen LogP contribution is -2.38. The molecule has 2 heterocycles. The van der Waals surface area contributed by atoms with Crippen molar-refractivity contribution in [2.75, 3.05) is 6.54 Å². The van der Waals surface area contributed by atoms with Crippen molar-refractivity contribution >= 4 is 33.2 Å². The van der Waals surface area contributed by atoms with Gasteiger partial charge in [0.05, 0.1) is 6.54 Å². The number of nitrogens with one attached hydrogen (secondary N) is 1. The number of carbonyl (C=O) groups excluding carboxylic acids is 1. The third-order valence-electron chi connectivity index (χ3n) is 2.69. The van der Waals surface area contributed by atoms with Crippen molar-refractivity contribution in [1.29, 1.82) is 0 Å². The quantitative estimate of drug-likeness (QED) is 0.896. The summed E-state index contributed by atoms with van der Waals surface area (Å²) in [6.07, 6.45) is 0. The number of amides is 1. The van der Waals surface area contributed by atoms with E-state index in [9.17, 15) is 9.90 Å². The minimum absolute atomic E-state index is 0.0864. The van der Waals surface area contributed by atoms with E-state index in [-0.39, 0.29) is 12.5 Å². The maximum absolute atomic E-state index is 11.9. The zero-order valence-corrected chi connectivity index (χ0v) is 13.0. The summed E-state index contributed by atoms with van der Waals surface area (Å²) in [7, 11) is 0.